The number of benzene rings is 2. The Hall–Kier alpha value is -0.870. The van der Waals surface area contributed by atoms with Gasteiger partial charge in [-0.2, -0.15) is 0 Å². The molecule has 0 amide bonds. The number of hydrogen-bond donors (Lipinski definition) is 1. The standard InChI is InChI=1S/C17H20BrClN2/c1-12(14-5-7-16(19)8-6-14)21(2)11-15-4-3-13(10-20)9-17(15)18/h3-9,12H,10-11,20H2,1-2H3. The first-order chi connectivity index (χ1) is 10.0. The Kier molecular flexibility index (Phi) is 5.82. The van der Waals surface area contributed by atoms with E-state index in [9.17, 15) is 0 Å². The van der Waals surface area contributed by atoms with Crippen molar-refractivity contribution in [1.29, 1.82) is 0 Å². The van der Waals surface area contributed by atoms with Gasteiger partial charge in [-0.25, -0.2) is 0 Å². The molecule has 0 bridgehead atoms. The number of nitrogens with zero attached hydrogens (tertiary/aromatic N) is 1. The number of hydrogen-bond acceptors (Lipinski definition) is 2. The zero-order chi connectivity index (χ0) is 15.4. The van der Waals surface area contributed by atoms with Crippen LogP contribution in [0.25, 0.3) is 0 Å². The Morgan fingerprint density at radius 1 is 1.19 bits per heavy atom. The molecule has 1 unspecified atom stereocenters. The number of rotatable bonds is 5. The summed E-state index contributed by atoms with van der Waals surface area (Å²) in [5.74, 6) is 0. The van der Waals surface area contributed by atoms with Gasteiger partial charge in [0.25, 0.3) is 0 Å². The molecular weight excluding hydrogens is 348 g/mol. The SMILES string of the molecule is CC(c1ccc(Cl)cc1)N(C)Cc1ccc(CN)cc1Br. The van der Waals surface area contributed by atoms with E-state index in [0.717, 1.165) is 21.6 Å². The second kappa shape index (κ2) is 7.41. The van der Waals surface area contributed by atoms with Crippen LogP contribution in [0, 0.1) is 0 Å². The number of halogens is 2. The lowest BCUT2D eigenvalue weighted by molar-refractivity contribution is 0.252. The molecule has 0 saturated heterocycles. The third kappa shape index (κ3) is 4.30. The summed E-state index contributed by atoms with van der Waals surface area (Å²) < 4.78 is 1.11. The van der Waals surface area contributed by atoms with Crippen LogP contribution in [-0.2, 0) is 13.1 Å². The molecule has 2 rings (SSSR count). The third-order valence-electron chi connectivity index (χ3n) is 3.79. The molecule has 0 saturated carbocycles. The minimum absolute atomic E-state index is 0.323. The fourth-order valence-electron chi connectivity index (χ4n) is 2.25. The van der Waals surface area contributed by atoms with E-state index < -0.39 is 0 Å². The Balaban J connectivity index is 2.10. The molecule has 0 aliphatic carbocycles. The van der Waals surface area contributed by atoms with Crippen LogP contribution in [0.15, 0.2) is 46.9 Å². The molecule has 0 aromatic heterocycles. The summed E-state index contributed by atoms with van der Waals surface area (Å²) in [6.45, 7) is 3.64. The Labute approximate surface area is 140 Å². The average molecular weight is 368 g/mol. The predicted molar refractivity (Wildman–Crippen MR) is 93.4 cm³/mol. The molecule has 112 valence electrons. The lowest BCUT2D eigenvalue weighted by Gasteiger charge is -2.25. The summed E-state index contributed by atoms with van der Waals surface area (Å²) in [5.41, 5.74) is 9.32. The molecule has 0 radical (unpaired) electrons. The van der Waals surface area contributed by atoms with Crippen molar-refractivity contribution in [3.63, 3.8) is 0 Å². The van der Waals surface area contributed by atoms with Crippen LogP contribution < -0.4 is 5.73 Å². The van der Waals surface area contributed by atoms with Crippen molar-refractivity contribution in [2.45, 2.75) is 26.1 Å². The molecule has 0 heterocycles. The lowest BCUT2D eigenvalue weighted by atomic mass is 10.1. The van der Waals surface area contributed by atoms with E-state index in [1.807, 2.05) is 12.1 Å². The highest BCUT2D eigenvalue weighted by Gasteiger charge is 2.13. The van der Waals surface area contributed by atoms with Crippen LogP contribution in [0.2, 0.25) is 5.02 Å². The van der Waals surface area contributed by atoms with Crippen LogP contribution in [0.5, 0.6) is 0 Å². The van der Waals surface area contributed by atoms with Crippen molar-refractivity contribution >= 4 is 27.5 Å². The zero-order valence-corrected chi connectivity index (χ0v) is 14.7. The Morgan fingerprint density at radius 2 is 1.86 bits per heavy atom. The van der Waals surface area contributed by atoms with Crippen LogP contribution in [0.1, 0.15) is 29.7 Å². The van der Waals surface area contributed by atoms with Gasteiger partial charge in [0.05, 0.1) is 0 Å². The highest BCUT2D eigenvalue weighted by atomic mass is 79.9. The first kappa shape index (κ1) is 16.5. The molecule has 2 nitrogen and oxygen atoms in total. The molecule has 0 fully saturated rings. The van der Waals surface area contributed by atoms with Gasteiger partial charge in [0, 0.05) is 28.6 Å². The third-order valence-corrected chi connectivity index (χ3v) is 4.78. The fourth-order valence-corrected chi connectivity index (χ4v) is 2.92. The molecular formula is C17H20BrClN2. The molecule has 0 aliphatic rings. The maximum absolute atomic E-state index is 5.95. The first-order valence-electron chi connectivity index (χ1n) is 6.94. The van der Waals surface area contributed by atoms with Gasteiger partial charge in [-0.05, 0) is 48.9 Å². The summed E-state index contributed by atoms with van der Waals surface area (Å²) in [7, 11) is 2.13. The maximum atomic E-state index is 5.95. The quantitative estimate of drug-likeness (QED) is 0.826. The molecule has 1 atom stereocenters. The second-order valence-electron chi connectivity index (χ2n) is 5.27. The largest absolute Gasteiger partial charge is 0.326 e. The van der Waals surface area contributed by atoms with E-state index in [1.54, 1.807) is 0 Å². The molecule has 0 aliphatic heterocycles. The molecule has 21 heavy (non-hydrogen) atoms. The van der Waals surface area contributed by atoms with E-state index >= 15 is 0 Å². The van der Waals surface area contributed by atoms with E-state index in [4.69, 9.17) is 17.3 Å². The molecule has 4 heteroatoms. The fraction of sp³-hybridized carbons (Fsp3) is 0.294. The topological polar surface area (TPSA) is 29.3 Å². The molecule has 2 N–H and O–H groups in total. The van der Waals surface area contributed by atoms with Gasteiger partial charge in [-0.3, -0.25) is 4.90 Å². The molecule has 2 aromatic rings. The summed E-state index contributed by atoms with van der Waals surface area (Å²) in [5, 5.41) is 0.772. The van der Waals surface area contributed by atoms with Crippen molar-refractivity contribution in [3.05, 3.63) is 68.7 Å². The summed E-state index contributed by atoms with van der Waals surface area (Å²) in [6.07, 6.45) is 0. The van der Waals surface area contributed by atoms with Crippen molar-refractivity contribution in [2.24, 2.45) is 5.73 Å². The summed E-state index contributed by atoms with van der Waals surface area (Å²) in [4.78, 5) is 2.31. The van der Waals surface area contributed by atoms with E-state index in [2.05, 4.69) is 65.1 Å². The first-order valence-corrected chi connectivity index (χ1v) is 8.11. The van der Waals surface area contributed by atoms with Gasteiger partial charge in [-0.1, -0.05) is 51.8 Å². The Morgan fingerprint density at radius 3 is 2.43 bits per heavy atom. The second-order valence-corrected chi connectivity index (χ2v) is 6.56. The number of nitrogens with two attached hydrogens (primary N) is 1. The highest BCUT2D eigenvalue weighted by Crippen LogP contribution is 2.25. The van der Waals surface area contributed by atoms with Crippen LogP contribution >= 0.6 is 27.5 Å². The summed E-state index contributed by atoms with van der Waals surface area (Å²) in [6, 6.07) is 14.7. The zero-order valence-electron chi connectivity index (χ0n) is 12.3. The van der Waals surface area contributed by atoms with E-state index in [1.165, 1.54) is 11.1 Å². The lowest BCUT2D eigenvalue weighted by Crippen LogP contribution is -2.22. The van der Waals surface area contributed by atoms with Crippen molar-refractivity contribution in [1.82, 2.24) is 4.90 Å². The van der Waals surface area contributed by atoms with Gasteiger partial charge in [-0.15, -0.1) is 0 Å². The van der Waals surface area contributed by atoms with Gasteiger partial charge in [0.2, 0.25) is 0 Å². The van der Waals surface area contributed by atoms with Crippen molar-refractivity contribution in [3.8, 4) is 0 Å². The monoisotopic (exact) mass is 366 g/mol. The minimum Gasteiger partial charge on any atom is -0.326 e. The van der Waals surface area contributed by atoms with Crippen LogP contribution in [-0.4, -0.2) is 11.9 Å². The molecule has 0 spiro atoms. The summed E-state index contributed by atoms with van der Waals surface area (Å²) >= 11 is 9.58. The van der Waals surface area contributed by atoms with E-state index in [0.29, 0.717) is 12.6 Å². The van der Waals surface area contributed by atoms with Crippen LogP contribution in [0.4, 0.5) is 0 Å². The Bertz CT molecular complexity index is 598. The van der Waals surface area contributed by atoms with Gasteiger partial charge >= 0.3 is 0 Å². The average Bonchev–Trinajstić information content (AvgIpc) is 2.49. The van der Waals surface area contributed by atoms with Crippen LogP contribution in [0.3, 0.4) is 0 Å². The highest BCUT2D eigenvalue weighted by molar-refractivity contribution is 9.10. The minimum atomic E-state index is 0.323. The van der Waals surface area contributed by atoms with Crippen molar-refractivity contribution < 1.29 is 0 Å². The van der Waals surface area contributed by atoms with Crippen molar-refractivity contribution in [2.75, 3.05) is 7.05 Å². The van der Waals surface area contributed by atoms with Gasteiger partial charge < -0.3 is 5.73 Å². The smallest absolute Gasteiger partial charge is 0.0406 e. The van der Waals surface area contributed by atoms with E-state index in [-0.39, 0.29) is 0 Å². The predicted octanol–water partition coefficient (Wildman–Crippen LogP) is 4.75. The maximum Gasteiger partial charge on any atom is 0.0406 e. The van der Waals surface area contributed by atoms with Gasteiger partial charge in [0.15, 0.2) is 0 Å². The van der Waals surface area contributed by atoms with Gasteiger partial charge in [0.1, 0.15) is 0 Å². The normalized spacial score (nSPS) is 12.7. The molecule has 2 aromatic carbocycles.